The van der Waals surface area contributed by atoms with E-state index in [4.69, 9.17) is 5.73 Å². The van der Waals surface area contributed by atoms with Gasteiger partial charge in [-0.05, 0) is 44.4 Å². The first-order chi connectivity index (χ1) is 8.72. The van der Waals surface area contributed by atoms with E-state index in [0.717, 1.165) is 24.8 Å². The lowest BCUT2D eigenvalue weighted by molar-refractivity contribution is 0.418. The summed E-state index contributed by atoms with van der Waals surface area (Å²) in [6.07, 6.45) is 2.50. The van der Waals surface area contributed by atoms with Crippen LogP contribution in [0, 0.1) is 0 Å². The molecular weight excluding hydrogens is 260 g/mol. The van der Waals surface area contributed by atoms with Crippen molar-refractivity contribution in [2.75, 3.05) is 5.73 Å². The van der Waals surface area contributed by atoms with E-state index in [9.17, 15) is 8.42 Å². The van der Waals surface area contributed by atoms with Crippen LogP contribution in [0.15, 0.2) is 23.1 Å². The van der Waals surface area contributed by atoms with Crippen molar-refractivity contribution in [3.8, 4) is 0 Å². The second-order valence-corrected chi connectivity index (χ2v) is 7.14. The number of nitrogens with one attached hydrogen (secondary N) is 1. The molecule has 0 aliphatic carbocycles. The monoisotopic (exact) mass is 284 g/mol. The summed E-state index contributed by atoms with van der Waals surface area (Å²) in [5.41, 5.74) is 6.90. The number of nitrogen functional groups attached to an aromatic ring is 1. The molecule has 4 nitrogen and oxygen atoms in total. The van der Waals surface area contributed by atoms with Gasteiger partial charge in [-0.15, -0.1) is 0 Å². The molecule has 0 atom stereocenters. The number of benzene rings is 1. The summed E-state index contributed by atoms with van der Waals surface area (Å²) in [5, 5.41) is 0. The van der Waals surface area contributed by atoms with E-state index in [1.54, 1.807) is 12.1 Å². The molecule has 0 aromatic heterocycles. The summed E-state index contributed by atoms with van der Waals surface area (Å²) >= 11 is 0. The number of rotatable bonds is 6. The average molecular weight is 284 g/mol. The largest absolute Gasteiger partial charge is 0.398 e. The molecule has 0 radical (unpaired) electrons. The minimum atomic E-state index is -3.52. The van der Waals surface area contributed by atoms with Gasteiger partial charge in [0.15, 0.2) is 0 Å². The zero-order valence-corrected chi connectivity index (χ0v) is 13.0. The Bertz CT molecular complexity index is 536. The predicted octanol–water partition coefficient (Wildman–Crippen LogP) is 2.69. The Labute approximate surface area is 116 Å². The van der Waals surface area contributed by atoms with Crippen molar-refractivity contribution in [2.45, 2.75) is 57.4 Å². The van der Waals surface area contributed by atoms with Crippen LogP contribution in [-0.4, -0.2) is 14.0 Å². The third-order valence-electron chi connectivity index (χ3n) is 3.09. The van der Waals surface area contributed by atoms with Crippen LogP contribution in [0.5, 0.6) is 0 Å². The number of aryl methyl sites for hydroxylation is 1. The van der Waals surface area contributed by atoms with E-state index in [0.29, 0.717) is 5.69 Å². The molecule has 0 aliphatic heterocycles. The lowest BCUT2D eigenvalue weighted by Gasteiger charge is -2.25. The van der Waals surface area contributed by atoms with Gasteiger partial charge in [-0.25, -0.2) is 13.1 Å². The summed E-state index contributed by atoms with van der Waals surface area (Å²) < 4.78 is 27.3. The van der Waals surface area contributed by atoms with Gasteiger partial charge in [-0.3, -0.25) is 0 Å². The lowest BCUT2D eigenvalue weighted by atomic mass is 10.0. The predicted molar refractivity (Wildman–Crippen MR) is 79.5 cm³/mol. The van der Waals surface area contributed by atoms with Crippen LogP contribution in [0.2, 0.25) is 0 Å². The highest BCUT2D eigenvalue weighted by molar-refractivity contribution is 7.89. The Hall–Kier alpha value is -1.07. The molecule has 1 rings (SSSR count). The second-order valence-electron chi connectivity index (χ2n) is 5.45. The van der Waals surface area contributed by atoms with Gasteiger partial charge in [-0.1, -0.05) is 26.3 Å². The number of nitrogens with two attached hydrogens (primary N) is 1. The van der Waals surface area contributed by atoms with Crippen LogP contribution in [0.1, 0.15) is 46.1 Å². The van der Waals surface area contributed by atoms with Crippen molar-refractivity contribution in [1.29, 1.82) is 0 Å². The van der Waals surface area contributed by atoms with Crippen molar-refractivity contribution in [1.82, 2.24) is 4.72 Å². The van der Waals surface area contributed by atoms with Gasteiger partial charge in [-0.2, -0.15) is 0 Å². The summed E-state index contributed by atoms with van der Waals surface area (Å²) in [4.78, 5) is 0.228. The molecular formula is C14H24N2O2S. The molecule has 108 valence electrons. The van der Waals surface area contributed by atoms with E-state index in [2.05, 4.69) is 4.72 Å². The topological polar surface area (TPSA) is 72.2 Å². The Morgan fingerprint density at radius 2 is 1.89 bits per heavy atom. The Balaban J connectivity index is 3.04. The average Bonchev–Trinajstić information content (AvgIpc) is 2.27. The number of hydrogen-bond acceptors (Lipinski definition) is 3. The third kappa shape index (κ3) is 4.21. The first-order valence-corrected chi connectivity index (χ1v) is 8.12. The van der Waals surface area contributed by atoms with Crippen LogP contribution < -0.4 is 10.5 Å². The maximum Gasteiger partial charge on any atom is 0.241 e. The summed E-state index contributed by atoms with van der Waals surface area (Å²) in [7, 11) is -3.52. The molecule has 0 saturated carbocycles. The van der Waals surface area contributed by atoms with Gasteiger partial charge in [0.2, 0.25) is 10.0 Å². The van der Waals surface area contributed by atoms with Crippen LogP contribution in [0.3, 0.4) is 0 Å². The maximum atomic E-state index is 12.3. The summed E-state index contributed by atoms with van der Waals surface area (Å²) in [6.45, 7) is 7.79. The number of sulfonamides is 1. The van der Waals surface area contributed by atoms with E-state index >= 15 is 0 Å². The SMILES string of the molecule is CCCC(C)(C)NS(=O)(=O)c1ccc(CC)c(N)c1. The quantitative estimate of drug-likeness (QED) is 0.789. The highest BCUT2D eigenvalue weighted by Crippen LogP contribution is 2.21. The summed E-state index contributed by atoms with van der Waals surface area (Å²) in [6, 6.07) is 4.92. The van der Waals surface area contributed by atoms with Crippen LogP contribution >= 0.6 is 0 Å². The molecule has 0 spiro atoms. The van der Waals surface area contributed by atoms with Gasteiger partial charge in [0, 0.05) is 11.2 Å². The molecule has 0 amide bonds. The fourth-order valence-electron chi connectivity index (χ4n) is 2.16. The third-order valence-corrected chi connectivity index (χ3v) is 4.79. The smallest absolute Gasteiger partial charge is 0.241 e. The van der Waals surface area contributed by atoms with Crippen molar-refractivity contribution >= 4 is 15.7 Å². The van der Waals surface area contributed by atoms with Crippen LogP contribution in [-0.2, 0) is 16.4 Å². The molecule has 0 unspecified atom stereocenters. The van der Waals surface area contributed by atoms with E-state index in [1.165, 1.54) is 6.07 Å². The number of anilines is 1. The molecule has 0 aliphatic rings. The lowest BCUT2D eigenvalue weighted by Crippen LogP contribution is -2.43. The minimum Gasteiger partial charge on any atom is -0.398 e. The van der Waals surface area contributed by atoms with E-state index < -0.39 is 15.6 Å². The van der Waals surface area contributed by atoms with Gasteiger partial charge < -0.3 is 5.73 Å². The van der Waals surface area contributed by atoms with Gasteiger partial charge in [0.25, 0.3) is 0 Å². The van der Waals surface area contributed by atoms with E-state index in [-0.39, 0.29) is 4.90 Å². The van der Waals surface area contributed by atoms with Crippen molar-refractivity contribution in [3.05, 3.63) is 23.8 Å². The maximum absolute atomic E-state index is 12.3. The van der Waals surface area contributed by atoms with Crippen molar-refractivity contribution in [3.63, 3.8) is 0 Å². The van der Waals surface area contributed by atoms with Crippen molar-refractivity contribution < 1.29 is 8.42 Å². The first-order valence-electron chi connectivity index (χ1n) is 6.64. The Morgan fingerprint density at radius 1 is 1.26 bits per heavy atom. The Morgan fingerprint density at radius 3 is 2.37 bits per heavy atom. The fourth-order valence-corrected chi connectivity index (χ4v) is 3.64. The highest BCUT2D eigenvalue weighted by atomic mass is 32.2. The second kappa shape index (κ2) is 5.92. The van der Waals surface area contributed by atoms with Crippen LogP contribution in [0.4, 0.5) is 5.69 Å². The number of hydrogen-bond donors (Lipinski definition) is 2. The molecule has 0 heterocycles. The summed E-state index contributed by atoms with van der Waals surface area (Å²) in [5.74, 6) is 0. The molecule has 1 aromatic rings. The normalized spacial score (nSPS) is 12.6. The molecule has 5 heteroatoms. The molecule has 3 N–H and O–H groups in total. The molecule has 0 saturated heterocycles. The minimum absolute atomic E-state index is 0.228. The van der Waals surface area contributed by atoms with E-state index in [1.807, 2.05) is 27.7 Å². The standard InChI is InChI=1S/C14H24N2O2S/c1-5-9-14(3,4)16-19(17,18)12-8-7-11(6-2)13(15)10-12/h7-8,10,16H,5-6,9,15H2,1-4H3. The van der Waals surface area contributed by atoms with Gasteiger partial charge in [0.05, 0.1) is 4.90 Å². The van der Waals surface area contributed by atoms with Gasteiger partial charge in [0.1, 0.15) is 0 Å². The Kier molecular flexibility index (Phi) is 4.98. The molecule has 0 fully saturated rings. The zero-order chi connectivity index (χ0) is 14.7. The van der Waals surface area contributed by atoms with Crippen LogP contribution in [0.25, 0.3) is 0 Å². The zero-order valence-electron chi connectivity index (χ0n) is 12.2. The fraction of sp³-hybridized carbons (Fsp3) is 0.571. The molecule has 0 bridgehead atoms. The highest BCUT2D eigenvalue weighted by Gasteiger charge is 2.25. The van der Waals surface area contributed by atoms with Crippen molar-refractivity contribution in [2.24, 2.45) is 0 Å². The molecule has 19 heavy (non-hydrogen) atoms. The molecule has 1 aromatic carbocycles. The van der Waals surface area contributed by atoms with Gasteiger partial charge >= 0.3 is 0 Å². The first kappa shape index (κ1) is 16.0.